The average molecular weight is 383 g/mol. The van der Waals surface area contributed by atoms with Gasteiger partial charge in [-0.1, -0.05) is 24.3 Å². The average Bonchev–Trinajstić information content (AvgIpc) is 2.67. The van der Waals surface area contributed by atoms with E-state index in [4.69, 9.17) is 0 Å². The van der Waals surface area contributed by atoms with Gasteiger partial charge in [-0.25, -0.2) is 9.18 Å². The molecule has 0 heterocycles. The highest BCUT2D eigenvalue weighted by Gasteiger charge is 2.19. The highest BCUT2D eigenvalue weighted by molar-refractivity contribution is 5.89. The zero-order chi connectivity index (χ0) is 20.1. The number of halogens is 1. The third-order valence-corrected chi connectivity index (χ3v) is 4.87. The lowest BCUT2D eigenvalue weighted by Gasteiger charge is -2.18. The number of nitrogens with one attached hydrogen (secondary N) is 1. The van der Waals surface area contributed by atoms with Gasteiger partial charge in [0.05, 0.1) is 5.57 Å². The maximum Gasteiger partial charge on any atom is 0.333 e. The molecule has 2 aromatic rings. The minimum absolute atomic E-state index is 0.122. The van der Waals surface area contributed by atoms with E-state index in [2.05, 4.69) is 5.32 Å². The summed E-state index contributed by atoms with van der Waals surface area (Å²) in [5, 5.41) is 21.3. The molecule has 0 atom stereocenters. The smallest absolute Gasteiger partial charge is 0.333 e. The van der Waals surface area contributed by atoms with Crippen molar-refractivity contribution in [1.82, 2.24) is 5.32 Å². The lowest BCUT2D eigenvalue weighted by molar-refractivity contribution is -0.133. The lowest BCUT2D eigenvalue weighted by Crippen LogP contribution is -2.27. The van der Waals surface area contributed by atoms with Crippen molar-refractivity contribution in [3.8, 4) is 16.9 Å². The fourth-order valence-electron chi connectivity index (χ4n) is 3.36. The number of carboxylic acids is 1. The van der Waals surface area contributed by atoms with Crippen LogP contribution in [0.4, 0.5) is 4.39 Å². The minimum Gasteiger partial charge on any atom is -0.508 e. The number of carbonyl (C=O) groups excluding carboxylic acids is 1. The van der Waals surface area contributed by atoms with E-state index in [0.717, 1.165) is 24.5 Å². The van der Waals surface area contributed by atoms with E-state index in [1.807, 2.05) is 12.1 Å². The number of rotatable bonds is 6. The first-order valence-corrected chi connectivity index (χ1v) is 9.27. The van der Waals surface area contributed by atoms with Crippen molar-refractivity contribution >= 4 is 11.9 Å². The van der Waals surface area contributed by atoms with Crippen molar-refractivity contribution < 1.29 is 24.2 Å². The van der Waals surface area contributed by atoms with Crippen molar-refractivity contribution in [3.05, 3.63) is 65.1 Å². The molecule has 0 saturated carbocycles. The second-order valence-corrected chi connectivity index (χ2v) is 6.88. The number of carbonyl (C=O) groups is 2. The largest absolute Gasteiger partial charge is 0.508 e. The van der Waals surface area contributed by atoms with E-state index >= 15 is 0 Å². The van der Waals surface area contributed by atoms with Gasteiger partial charge >= 0.3 is 5.97 Å². The number of aryl methyl sites for hydroxylation is 1. The van der Waals surface area contributed by atoms with Gasteiger partial charge in [0, 0.05) is 23.7 Å². The standard InChI is InChI=1S/C22H22FNO4/c23-19-13-16(25)10-11-17(19)15-8-5-14(6-9-15)7-12-21(26)24-20-4-2-1-3-18(20)22(27)28/h5-6,8-11,13,25H,1-4,7,12H2,(H,24,26)(H,27,28). The predicted molar refractivity (Wildman–Crippen MR) is 103 cm³/mol. The number of aliphatic carboxylic acids is 1. The summed E-state index contributed by atoms with van der Waals surface area (Å²) in [5.74, 6) is -1.79. The third kappa shape index (κ3) is 4.76. The number of hydrogen-bond donors (Lipinski definition) is 3. The second-order valence-electron chi connectivity index (χ2n) is 6.88. The molecule has 28 heavy (non-hydrogen) atoms. The summed E-state index contributed by atoms with van der Waals surface area (Å²) in [6, 6.07) is 11.2. The summed E-state index contributed by atoms with van der Waals surface area (Å²) in [6.45, 7) is 0. The van der Waals surface area contributed by atoms with Crippen LogP contribution in [-0.4, -0.2) is 22.1 Å². The molecule has 3 N–H and O–H groups in total. The van der Waals surface area contributed by atoms with E-state index in [1.54, 1.807) is 12.1 Å². The SMILES string of the molecule is O=C(CCc1ccc(-c2ccc(O)cc2F)cc1)NC1=C(C(=O)O)CCCC1. The van der Waals surface area contributed by atoms with Crippen LogP contribution in [0.25, 0.3) is 11.1 Å². The number of hydrogen-bond acceptors (Lipinski definition) is 3. The molecule has 1 amide bonds. The number of benzene rings is 2. The van der Waals surface area contributed by atoms with Crippen molar-refractivity contribution in [2.45, 2.75) is 38.5 Å². The molecule has 0 saturated heterocycles. The fourth-order valence-corrected chi connectivity index (χ4v) is 3.36. The van der Waals surface area contributed by atoms with Crippen molar-refractivity contribution in [3.63, 3.8) is 0 Å². The molecule has 2 aromatic carbocycles. The van der Waals surface area contributed by atoms with Crippen LogP contribution in [0.2, 0.25) is 0 Å². The van der Waals surface area contributed by atoms with Gasteiger partial charge < -0.3 is 15.5 Å². The molecule has 0 spiro atoms. The van der Waals surface area contributed by atoms with Crippen LogP contribution in [0.3, 0.4) is 0 Å². The van der Waals surface area contributed by atoms with Gasteiger partial charge in [0.25, 0.3) is 0 Å². The molecule has 1 aliphatic rings. The maximum absolute atomic E-state index is 13.9. The first kappa shape index (κ1) is 19.6. The van der Waals surface area contributed by atoms with E-state index in [-0.39, 0.29) is 18.1 Å². The molecule has 0 aromatic heterocycles. The zero-order valence-electron chi connectivity index (χ0n) is 15.4. The normalized spacial score (nSPS) is 14.0. The molecule has 0 aliphatic heterocycles. The van der Waals surface area contributed by atoms with Crippen LogP contribution in [0.1, 0.15) is 37.7 Å². The van der Waals surface area contributed by atoms with Gasteiger partial charge in [0.15, 0.2) is 0 Å². The number of allylic oxidation sites excluding steroid dienone is 1. The number of amides is 1. The van der Waals surface area contributed by atoms with Gasteiger partial charge in [0.2, 0.25) is 5.91 Å². The lowest BCUT2D eigenvalue weighted by atomic mass is 9.96. The number of carboxylic acid groups (broad SMARTS) is 1. The molecule has 6 heteroatoms. The van der Waals surface area contributed by atoms with Gasteiger partial charge in [-0.3, -0.25) is 4.79 Å². The summed E-state index contributed by atoms with van der Waals surface area (Å²) >= 11 is 0. The summed E-state index contributed by atoms with van der Waals surface area (Å²) in [4.78, 5) is 23.5. The van der Waals surface area contributed by atoms with Crippen molar-refractivity contribution in [2.24, 2.45) is 0 Å². The van der Waals surface area contributed by atoms with E-state index in [1.165, 1.54) is 12.1 Å². The van der Waals surface area contributed by atoms with Crippen LogP contribution < -0.4 is 5.32 Å². The highest BCUT2D eigenvalue weighted by atomic mass is 19.1. The Morgan fingerprint density at radius 1 is 1.04 bits per heavy atom. The molecule has 0 unspecified atom stereocenters. The van der Waals surface area contributed by atoms with Gasteiger partial charge in [-0.2, -0.15) is 0 Å². The van der Waals surface area contributed by atoms with Crippen LogP contribution in [-0.2, 0) is 16.0 Å². The maximum atomic E-state index is 13.9. The highest BCUT2D eigenvalue weighted by Crippen LogP contribution is 2.26. The molecular formula is C22H22FNO4. The van der Waals surface area contributed by atoms with Crippen LogP contribution in [0.5, 0.6) is 5.75 Å². The number of phenols is 1. The predicted octanol–water partition coefficient (Wildman–Crippen LogP) is 4.16. The molecule has 0 bridgehead atoms. The van der Waals surface area contributed by atoms with E-state index < -0.39 is 11.8 Å². The molecule has 0 fully saturated rings. The number of phenolic OH excluding ortho intramolecular Hbond substituents is 1. The fraction of sp³-hybridized carbons (Fsp3) is 0.273. The Kier molecular flexibility index (Phi) is 6.09. The number of aromatic hydroxyl groups is 1. The second kappa shape index (κ2) is 8.69. The van der Waals surface area contributed by atoms with Crippen molar-refractivity contribution in [1.29, 1.82) is 0 Å². The molecular weight excluding hydrogens is 361 g/mol. The summed E-state index contributed by atoms with van der Waals surface area (Å²) < 4.78 is 13.9. The quantitative estimate of drug-likeness (QED) is 0.699. The Bertz CT molecular complexity index is 919. The topological polar surface area (TPSA) is 86.6 Å². The first-order chi connectivity index (χ1) is 13.4. The minimum atomic E-state index is -0.966. The summed E-state index contributed by atoms with van der Waals surface area (Å²) in [5.41, 5.74) is 2.84. The summed E-state index contributed by atoms with van der Waals surface area (Å²) in [7, 11) is 0. The Hall–Kier alpha value is -3.15. The zero-order valence-corrected chi connectivity index (χ0v) is 15.4. The molecule has 3 rings (SSSR count). The third-order valence-electron chi connectivity index (χ3n) is 4.87. The van der Waals surface area contributed by atoms with Crippen LogP contribution in [0, 0.1) is 5.82 Å². The van der Waals surface area contributed by atoms with Gasteiger partial charge in [-0.15, -0.1) is 0 Å². The monoisotopic (exact) mass is 383 g/mol. The van der Waals surface area contributed by atoms with E-state index in [9.17, 15) is 24.2 Å². The van der Waals surface area contributed by atoms with Gasteiger partial charge in [-0.05, 0) is 55.4 Å². The van der Waals surface area contributed by atoms with Gasteiger partial charge in [0.1, 0.15) is 11.6 Å². The molecule has 0 radical (unpaired) electrons. The molecule has 1 aliphatic carbocycles. The molecule has 5 nitrogen and oxygen atoms in total. The van der Waals surface area contributed by atoms with Crippen LogP contribution >= 0.6 is 0 Å². The van der Waals surface area contributed by atoms with Crippen molar-refractivity contribution in [2.75, 3.05) is 0 Å². The Morgan fingerprint density at radius 2 is 1.75 bits per heavy atom. The van der Waals surface area contributed by atoms with Crippen LogP contribution in [0.15, 0.2) is 53.7 Å². The Balaban J connectivity index is 1.60. The van der Waals surface area contributed by atoms with E-state index in [0.29, 0.717) is 41.7 Å². The summed E-state index contributed by atoms with van der Waals surface area (Å²) in [6.07, 6.45) is 3.51. The Labute approximate surface area is 162 Å². The molecule has 146 valence electrons. The first-order valence-electron chi connectivity index (χ1n) is 9.27. The Morgan fingerprint density at radius 3 is 2.43 bits per heavy atom.